The van der Waals surface area contributed by atoms with Crippen LogP contribution in [0.1, 0.15) is 17.7 Å². The van der Waals surface area contributed by atoms with Crippen molar-refractivity contribution in [3.63, 3.8) is 0 Å². The van der Waals surface area contributed by atoms with Crippen molar-refractivity contribution in [3.05, 3.63) is 41.7 Å². The van der Waals surface area contributed by atoms with Crippen molar-refractivity contribution < 1.29 is 14.3 Å². The average Bonchev–Trinajstić information content (AvgIpc) is 2.93. The molecular weight excluding hydrogens is 332 g/mol. The van der Waals surface area contributed by atoms with Crippen LogP contribution in [-0.2, 0) is 18.3 Å². The largest absolute Gasteiger partial charge is 0.497 e. The summed E-state index contributed by atoms with van der Waals surface area (Å²) in [5.41, 5.74) is 3.33. The minimum atomic E-state index is -0.0746. The Morgan fingerprint density at radius 1 is 1.15 bits per heavy atom. The van der Waals surface area contributed by atoms with E-state index in [2.05, 4.69) is 15.4 Å². The third-order valence-electron chi connectivity index (χ3n) is 4.20. The second-order valence-electron chi connectivity index (χ2n) is 6.07. The summed E-state index contributed by atoms with van der Waals surface area (Å²) in [7, 11) is 5.06. The molecule has 7 nitrogen and oxygen atoms in total. The number of carbonyl (C=O) groups excluding carboxylic acids is 1. The number of amides is 1. The number of hydrogen-bond donors (Lipinski definition) is 1. The number of nitrogens with one attached hydrogen (secondary N) is 1. The minimum absolute atomic E-state index is 0.0746. The SMILES string of the molecule is COc1cc(CCC(=O)Nc2cnc3c(c2)c(C)nn3C)cc(OC)c1. The highest BCUT2D eigenvalue weighted by atomic mass is 16.5. The van der Waals surface area contributed by atoms with E-state index < -0.39 is 0 Å². The molecule has 1 N–H and O–H groups in total. The van der Waals surface area contributed by atoms with Crippen molar-refractivity contribution in [2.24, 2.45) is 7.05 Å². The molecule has 2 aromatic heterocycles. The van der Waals surface area contributed by atoms with Crippen LogP contribution in [0.15, 0.2) is 30.5 Å². The van der Waals surface area contributed by atoms with Gasteiger partial charge in [-0.2, -0.15) is 5.10 Å². The molecule has 0 saturated carbocycles. The topological polar surface area (TPSA) is 78.3 Å². The van der Waals surface area contributed by atoms with Crippen molar-refractivity contribution in [2.75, 3.05) is 19.5 Å². The molecule has 0 saturated heterocycles. The summed E-state index contributed by atoms with van der Waals surface area (Å²) in [4.78, 5) is 16.7. The molecule has 1 aromatic carbocycles. The number of pyridine rings is 1. The maximum Gasteiger partial charge on any atom is 0.224 e. The number of aromatic nitrogens is 3. The highest BCUT2D eigenvalue weighted by molar-refractivity contribution is 5.93. The van der Waals surface area contributed by atoms with Gasteiger partial charge in [0.05, 0.1) is 31.8 Å². The van der Waals surface area contributed by atoms with Crippen LogP contribution in [-0.4, -0.2) is 34.9 Å². The number of hydrogen-bond acceptors (Lipinski definition) is 5. The van der Waals surface area contributed by atoms with Gasteiger partial charge < -0.3 is 14.8 Å². The van der Waals surface area contributed by atoms with Gasteiger partial charge in [-0.3, -0.25) is 9.48 Å². The fraction of sp³-hybridized carbons (Fsp3) is 0.316. The van der Waals surface area contributed by atoms with Gasteiger partial charge in [0.15, 0.2) is 5.65 Å². The maximum absolute atomic E-state index is 12.3. The molecule has 136 valence electrons. The lowest BCUT2D eigenvalue weighted by atomic mass is 10.1. The number of carbonyl (C=O) groups is 1. The number of fused-ring (bicyclic) bond motifs is 1. The van der Waals surface area contributed by atoms with Gasteiger partial charge in [-0.25, -0.2) is 4.98 Å². The van der Waals surface area contributed by atoms with Gasteiger partial charge in [-0.15, -0.1) is 0 Å². The summed E-state index contributed by atoms with van der Waals surface area (Å²) < 4.78 is 12.2. The first-order valence-electron chi connectivity index (χ1n) is 8.31. The van der Waals surface area contributed by atoms with Crippen LogP contribution in [0.5, 0.6) is 11.5 Å². The summed E-state index contributed by atoms with van der Waals surface area (Å²) in [5.74, 6) is 1.34. The standard InChI is InChI=1S/C19H22N4O3/c1-12-17-9-14(11-20-19(17)23(2)22-12)21-18(24)6-5-13-7-15(25-3)10-16(8-13)26-4/h7-11H,5-6H2,1-4H3,(H,21,24). The lowest BCUT2D eigenvalue weighted by Crippen LogP contribution is -2.12. The van der Waals surface area contributed by atoms with E-state index in [-0.39, 0.29) is 5.91 Å². The Kier molecular flexibility index (Phi) is 5.06. The molecule has 3 rings (SSSR count). The van der Waals surface area contributed by atoms with Gasteiger partial charge in [0.2, 0.25) is 5.91 Å². The Balaban J connectivity index is 1.67. The third-order valence-corrected chi connectivity index (χ3v) is 4.20. The number of ether oxygens (including phenoxy) is 2. The molecule has 0 aliphatic heterocycles. The van der Waals surface area contributed by atoms with Gasteiger partial charge in [-0.1, -0.05) is 0 Å². The number of rotatable bonds is 6. The lowest BCUT2D eigenvalue weighted by molar-refractivity contribution is -0.116. The second kappa shape index (κ2) is 7.43. The zero-order valence-electron chi connectivity index (χ0n) is 15.4. The van der Waals surface area contributed by atoms with Crippen molar-refractivity contribution in [1.82, 2.24) is 14.8 Å². The zero-order valence-corrected chi connectivity index (χ0v) is 15.4. The summed E-state index contributed by atoms with van der Waals surface area (Å²) >= 11 is 0. The van der Waals surface area contributed by atoms with Crippen LogP contribution in [0.4, 0.5) is 5.69 Å². The first kappa shape index (κ1) is 17.7. The molecule has 0 fully saturated rings. The molecule has 26 heavy (non-hydrogen) atoms. The zero-order chi connectivity index (χ0) is 18.7. The molecule has 3 aromatic rings. The molecule has 0 spiro atoms. The van der Waals surface area contributed by atoms with E-state index in [1.165, 1.54) is 0 Å². The monoisotopic (exact) mass is 354 g/mol. The molecule has 0 atom stereocenters. The predicted octanol–water partition coefficient (Wildman–Crippen LogP) is 2.87. The van der Waals surface area contributed by atoms with Crippen LogP contribution in [0.25, 0.3) is 11.0 Å². The van der Waals surface area contributed by atoms with E-state index in [1.807, 2.05) is 32.2 Å². The van der Waals surface area contributed by atoms with E-state index in [1.54, 1.807) is 31.2 Å². The molecule has 0 aliphatic carbocycles. The first-order chi connectivity index (χ1) is 12.5. The molecule has 7 heteroatoms. The van der Waals surface area contributed by atoms with E-state index in [4.69, 9.17) is 9.47 Å². The number of anilines is 1. The summed E-state index contributed by atoms with van der Waals surface area (Å²) in [6.07, 6.45) is 2.58. The van der Waals surface area contributed by atoms with E-state index in [0.717, 1.165) is 22.3 Å². The van der Waals surface area contributed by atoms with Crippen LogP contribution >= 0.6 is 0 Å². The number of benzene rings is 1. The molecule has 0 aliphatic rings. The third kappa shape index (κ3) is 3.77. The first-order valence-corrected chi connectivity index (χ1v) is 8.31. The highest BCUT2D eigenvalue weighted by Gasteiger charge is 2.10. The van der Waals surface area contributed by atoms with E-state index in [0.29, 0.717) is 30.0 Å². The van der Waals surface area contributed by atoms with E-state index >= 15 is 0 Å². The van der Waals surface area contributed by atoms with Crippen molar-refractivity contribution in [1.29, 1.82) is 0 Å². The number of nitrogens with zero attached hydrogens (tertiary/aromatic N) is 3. The van der Waals surface area contributed by atoms with Crippen LogP contribution in [0.2, 0.25) is 0 Å². The average molecular weight is 354 g/mol. The van der Waals surface area contributed by atoms with Gasteiger partial charge in [0.1, 0.15) is 11.5 Å². The Morgan fingerprint density at radius 3 is 2.50 bits per heavy atom. The maximum atomic E-state index is 12.3. The highest BCUT2D eigenvalue weighted by Crippen LogP contribution is 2.24. The lowest BCUT2D eigenvalue weighted by Gasteiger charge is -2.09. The Labute approximate surface area is 151 Å². The fourth-order valence-electron chi connectivity index (χ4n) is 2.87. The van der Waals surface area contributed by atoms with Gasteiger partial charge in [-0.05, 0) is 37.1 Å². The Hall–Kier alpha value is -3.09. The molecule has 0 bridgehead atoms. The van der Waals surface area contributed by atoms with Crippen molar-refractivity contribution in [2.45, 2.75) is 19.8 Å². The van der Waals surface area contributed by atoms with Gasteiger partial charge in [0, 0.05) is 24.9 Å². The molecule has 1 amide bonds. The fourth-order valence-corrected chi connectivity index (χ4v) is 2.87. The summed E-state index contributed by atoms with van der Waals surface area (Å²) in [5, 5.41) is 8.17. The number of methoxy groups -OCH3 is 2. The molecule has 2 heterocycles. The minimum Gasteiger partial charge on any atom is -0.497 e. The Morgan fingerprint density at radius 2 is 1.85 bits per heavy atom. The smallest absolute Gasteiger partial charge is 0.224 e. The normalized spacial score (nSPS) is 10.8. The van der Waals surface area contributed by atoms with Crippen LogP contribution in [0.3, 0.4) is 0 Å². The molecule has 0 unspecified atom stereocenters. The van der Waals surface area contributed by atoms with E-state index in [9.17, 15) is 4.79 Å². The number of aryl methyl sites for hydroxylation is 3. The predicted molar refractivity (Wildman–Crippen MR) is 99.7 cm³/mol. The van der Waals surface area contributed by atoms with Crippen molar-refractivity contribution in [3.8, 4) is 11.5 Å². The molecule has 0 radical (unpaired) electrons. The Bertz CT molecular complexity index is 927. The molecular formula is C19H22N4O3. The summed E-state index contributed by atoms with van der Waals surface area (Å²) in [6, 6.07) is 7.52. The van der Waals surface area contributed by atoms with Crippen LogP contribution in [0, 0.1) is 6.92 Å². The summed E-state index contributed by atoms with van der Waals surface area (Å²) in [6.45, 7) is 1.92. The quantitative estimate of drug-likeness (QED) is 0.736. The second-order valence-corrected chi connectivity index (χ2v) is 6.07. The van der Waals surface area contributed by atoms with Gasteiger partial charge in [0.25, 0.3) is 0 Å². The van der Waals surface area contributed by atoms with Crippen LogP contribution < -0.4 is 14.8 Å². The van der Waals surface area contributed by atoms with Gasteiger partial charge >= 0.3 is 0 Å². The van der Waals surface area contributed by atoms with Crippen molar-refractivity contribution >= 4 is 22.6 Å².